The lowest BCUT2D eigenvalue weighted by Crippen LogP contribution is -2.41. The van der Waals surface area contributed by atoms with Crippen molar-refractivity contribution in [3.8, 4) is 0 Å². The van der Waals surface area contributed by atoms with E-state index in [1.807, 2.05) is 39.8 Å². The minimum absolute atomic E-state index is 0.140. The lowest BCUT2D eigenvalue weighted by Gasteiger charge is -2.32. The quantitative estimate of drug-likeness (QED) is 0.840. The lowest BCUT2D eigenvalue weighted by atomic mass is 9.79. The first-order valence-corrected chi connectivity index (χ1v) is 8.71. The Morgan fingerprint density at radius 1 is 1.17 bits per heavy atom. The highest BCUT2D eigenvalue weighted by Crippen LogP contribution is 2.36. The van der Waals surface area contributed by atoms with E-state index in [2.05, 4.69) is 10.3 Å². The Morgan fingerprint density at radius 3 is 2.30 bits per heavy atom. The average molecular weight is 332 g/mol. The van der Waals surface area contributed by atoms with Crippen molar-refractivity contribution in [1.82, 2.24) is 5.32 Å². The smallest absolute Gasteiger partial charge is 0.399 e. The molecule has 0 saturated carbocycles. The van der Waals surface area contributed by atoms with E-state index < -0.39 is 7.12 Å². The Morgan fingerprint density at radius 2 is 1.78 bits per heavy atom. The fraction of sp³-hybridized carbons (Fsp3) is 0.500. The highest BCUT2D eigenvalue weighted by Gasteiger charge is 2.51. The zero-order valence-electron chi connectivity index (χ0n) is 13.9. The molecule has 0 spiro atoms. The van der Waals surface area contributed by atoms with E-state index in [4.69, 9.17) is 9.31 Å². The zero-order chi connectivity index (χ0) is 16.7. The Kier molecular flexibility index (Phi) is 4.29. The van der Waals surface area contributed by atoms with Crippen molar-refractivity contribution < 1.29 is 14.1 Å². The molecule has 1 aromatic carbocycles. The van der Waals surface area contributed by atoms with Crippen molar-refractivity contribution >= 4 is 35.4 Å². The summed E-state index contributed by atoms with van der Waals surface area (Å²) in [6.07, 6.45) is 0. The van der Waals surface area contributed by atoms with Gasteiger partial charge in [0.1, 0.15) is 0 Å². The minimum Gasteiger partial charge on any atom is -0.399 e. The third kappa shape index (κ3) is 3.32. The standard InChI is InChI=1S/C16H21BN2O3S/c1-15(2)16(3,4)22-17(21-15)12-7-5-11(6-8-12)13(20)19-14-18-9-10-23-14/h5-8H,9-10H2,1-4H3,(H,18,19,20). The predicted molar refractivity (Wildman–Crippen MR) is 94.4 cm³/mol. The molecule has 1 saturated heterocycles. The number of nitrogens with one attached hydrogen (secondary N) is 1. The first kappa shape index (κ1) is 16.5. The number of carbonyl (C=O) groups excluding carboxylic acids is 1. The molecule has 2 heterocycles. The summed E-state index contributed by atoms with van der Waals surface area (Å²) in [6.45, 7) is 8.86. The van der Waals surface area contributed by atoms with Gasteiger partial charge in [-0.2, -0.15) is 0 Å². The van der Waals surface area contributed by atoms with Gasteiger partial charge < -0.3 is 14.6 Å². The Balaban J connectivity index is 1.69. The summed E-state index contributed by atoms with van der Waals surface area (Å²) >= 11 is 1.57. The summed E-state index contributed by atoms with van der Waals surface area (Å²) < 4.78 is 12.0. The molecule has 3 rings (SSSR count). The van der Waals surface area contributed by atoms with Crippen LogP contribution in [-0.4, -0.2) is 41.7 Å². The van der Waals surface area contributed by atoms with Gasteiger partial charge in [0.05, 0.1) is 17.7 Å². The predicted octanol–water partition coefficient (Wildman–Crippen LogP) is 1.82. The van der Waals surface area contributed by atoms with Gasteiger partial charge in [0.15, 0.2) is 5.17 Å². The van der Waals surface area contributed by atoms with Crippen molar-refractivity contribution in [2.75, 3.05) is 12.3 Å². The monoisotopic (exact) mass is 332 g/mol. The van der Waals surface area contributed by atoms with Crippen molar-refractivity contribution in [1.29, 1.82) is 0 Å². The van der Waals surface area contributed by atoms with E-state index in [-0.39, 0.29) is 17.1 Å². The molecule has 7 heteroatoms. The van der Waals surface area contributed by atoms with Crippen LogP contribution in [0.1, 0.15) is 38.1 Å². The SMILES string of the molecule is CC1(C)OB(c2ccc(C(=O)NC3=NCCS3)cc2)OC1(C)C. The summed E-state index contributed by atoms with van der Waals surface area (Å²) in [5.74, 6) is 0.787. The van der Waals surface area contributed by atoms with Crippen LogP contribution in [0.5, 0.6) is 0 Å². The Labute approximate surface area is 141 Å². The first-order chi connectivity index (χ1) is 10.8. The van der Waals surface area contributed by atoms with Crippen molar-refractivity contribution in [2.45, 2.75) is 38.9 Å². The molecule has 122 valence electrons. The van der Waals surface area contributed by atoms with Crippen LogP contribution in [0.25, 0.3) is 0 Å². The number of hydrogen-bond donors (Lipinski definition) is 1. The van der Waals surface area contributed by atoms with Gasteiger partial charge in [0.2, 0.25) is 0 Å². The first-order valence-electron chi connectivity index (χ1n) is 7.73. The third-order valence-electron chi connectivity index (χ3n) is 4.50. The van der Waals surface area contributed by atoms with Crippen molar-refractivity contribution in [2.24, 2.45) is 4.99 Å². The van der Waals surface area contributed by atoms with Gasteiger partial charge >= 0.3 is 7.12 Å². The maximum absolute atomic E-state index is 12.2. The van der Waals surface area contributed by atoms with Crippen molar-refractivity contribution in [3.63, 3.8) is 0 Å². The molecule has 0 aliphatic carbocycles. The second kappa shape index (κ2) is 5.96. The molecule has 1 N–H and O–H groups in total. The van der Waals surface area contributed by atoms with Crippen LogP contribution in [0, 0.1) is 0 Å². The highest BCUT2D eigenvalue weighted by atomic mass is 32.2. The van der Waals surface area contributed by atoms with Gasteiger partial charge in [-0.3, -0.25) is 9.79 Å². The lowest BCUT2D eigenvalue weighted by molar-refractivity contribution is 0.00578. The number of carbonyl (C=O) groups is 1. The molecule has 5 nitrogen and oxygen atoms in total. The van der Waals surface area contributed by atoms with Crippen molar-refractivity contribution in [3.05, 3.63) is 29.8 Å². The van der Waals surface area contributed by atoms with Gasteiger partial charge in [0, 0.05) is 11.3 Å². The number of amides is 1. The van der Waals surface area contributed by atoms with Crippen LogP contribution in [0.4, 0.5) is 0 Å². The highest BCUT2D eigenvalue weighted by molar-refractivity contribution is 8.14. The molecule has 1 aromatic rings. The molecule has 1 amide bonds. The van der Waals surface area contributed by atoms with Gasteiger partial charge in [-0.1, -0.05) is 23.9 Å². The second-order valence-electron chi connectivity index (χ2n) is 6.70. The van der Waals surface area contributed by atoms with Crippen LogP contribution < -0.4 is 10.8 Å². The summed E-state index contributed by atoms with van der Waals surface area (Å²) in [7, 11) is -0.410. The number of aliphatic imine (C=N–C) groups is 1. The molecule has 2 aliphatic heterocycles. The molecule has 0 bridgehead atoms. The fourth-order valence-corrected chi connectivity index (χ4v) is 3.07. The number of hydrogen-bond acceptors (Lipinski definition) is 5. The molecular formula is C16H21BN2O3S. The van der Waals surface area contributed by atoms with Gasteiger partial charge in [-0.05, 0) is 45.3 Å². The maximum Gasteiger partial charge on any atom is 0.494 e. The number of benzene rings is 1. The topological polar surface area (TPSA) is 59.9 Å². The van der Waals surface area contributed by atoms with Crippen LogP contribution in [0.2, 0.25) is 0 Å². The fourth-order valence-electron chi connectivity index (χ4n) is 2.35. The molecule has 0 atom stereocenters. The second-order valence-corrected chi connectivity index (χ2v) is 7.78. The van der Waals surface area contributed by atoms with Crippen LogP contribution in [0.3, 0.4) is 0 Å². The molecule has 0 unspecified atom stereocenters. The Bertz CT molecular complexity index is 627. The van der Waals surface area contributed by atoms with Crippen LogP contribution in [0.15, 0.2) is 29.3 Å². The van der Waals surface area contributed by atoms with Gasteiger partial charge in [-0.25, -0.2) is 0 Å². The van der Waals surface area contributed by atoms with Gasteiger partial charge in [-0.15, -0.1) is 0 Å². The summed E-state index contributed by atoms with van der Waals surface area (Å²) in [5, 5.41) is 3.52. The number of amidine groups is 1. The summed E-state index contributed by atoms with van der Waals surface area (Å²) in [4.78, 5) is 16.4. The Hall–Kier alpha value is -1.31. The molecule has 2 aliphatic rings. The van der Waals surface area contributed by atoms with E-state index in [0.717, 1.165) is 17.8 Å². The molecule has 1 fully saturated rings. The number of thioether (sulfide) groups is 1. The van der Waals surface area contributed by atoms with E-state index in [9.17, 15) is 4.79 Å². The largest absolute Gasteiger partial charge is 0.494 e. The number of nitrogens with zero attached hydrogens (tertiary/aromatic N) is 1. The van der Waals surface area contributed by atoms with Crippen LogP contribution >= 0.6 is 11.8 Å². The van der Waals surface area contributed by atoms with Crippen LogP contribution in [-0.2, 0) is 9.31 Å². The normalized spacial score (nSPS) is 22.1. The maximum atomic E-state index is 12.2. The van der Waals surface area contributed by atoms with E-state index in [1.165, 1.54) is 0 Å². The number of rotatable bonds is 2. The summed E-state index contributed by atoms with van der Waals surface area (Å²) in [6, 6.07) is 7.33. The van der Waals surface area contributed by atoms with E-state index >= 15 is 0 Å². The van der Waals surface area contributed by atoms with Gasteiger partial charge in [0.25, 0.3) is 5.91 Å². The van der Waals surface area contributed by atoms with E-state index in [1.54, 1.807) is 23.9 Å². The average Bonchev–Trinajstić information content (AvgIpc) is 3.05. The zero-order valence-corrected chi connectivity index (χ0v) is 14.7. The molecule has 0 radical (unpaired) electrons. The molecule has 0 aromatic heterocycles. The molecule has 23 heavy (non-hydrogen) atoms. The van der Waals surface area contributed by atoms with E-state index in [0.29, 0.717) is 10.7 Å². The molecular weight excluding hydrogens is 311 g/mol. The third-order valence-corrected chi connectivity index (χ3v) is 5.40. The minimum atomic E-state index is -0.410. The summed E-state index contributed by atoms with van der Waals surface area (Å²) in [5.41, 5.74) is 0.769.